The van der Waals surface area contributed by atoms with Gasteiger partial charge in [0.15, 0.2) is 11.5 Å². The van der Waals surface area contributed by atoms with E-state index in [0.29, 0.717) is 36.5 Å². The van der Waals surface area contributed by atoms with E-state index in [4.69, 9.17) is 9.15 Å². The van der Waals surface area contributed by atoms with Gasteiger partial charge < -0.3 is 19.2 Å². The highest BCUT2D eigenvalue weighted by Crippen LogP contribution is 2.22. The van der Waals surface area contributed by atoms with Crippen LogP contribution < -0.4 is 4.74 Å². The third-order valence-electron chi connectivity index (χ3n) is 4.88. The molecule has 2 aromatic carbocycles. The lowest BCUT2D eigenvalue weighted by Gasteiger charge is -2.30. The molecule has 1 aliphatic rings. The Morgan fingerprint density at radius 1 is 1.30 bits per heavy atom. The lowest BCUT2D eigenvalue weighted by atomic mass is 10.1. The lowest BCUT2D eigenvalue weighted by molar-refractivity contribution is 0.0474. The molecule has 3 aromatic rings. The minimum absolute atomic E-state index is 0.0799. The zero-order valence-electron chi connectivity index (χ0n) is 15.2. The van der Waals surface area contributed by atoms with Gasteiger partial charge in [0, 0.05) is 25.1 Å². The van der Waals surface area contributed by atoms with E-state index >= 15 is 0 Å². The predicted molar refractivity (Wildman–Crippen MR) is 101 cm³/mol. The largest absolute Gasteiger partial charge is 0.497 e. The second-order valence-corrected chi connectivity index (χ2v) is 6.86. The predicted octanol–water partition coefficient (Wildman–Crippen LogP) is 3.02. The number of aliphatic hydroxyl groups is 1. The Hall–Kier alpha value is -2.86. The first-order valence-corrected chi connectivity index (χ1v) is 9.12. The number of benzene rings is 2. The van der Waals surface area contributed by atoms with E-state index in [9.17, 15) is 9.90 Å². The SMILES string of the molecule is COc1ccc(Cc2nc3ccc(C(=O)N4CCCC(O)C4)cc3o2)cc1. The number of carbonyl (C=O) groups is 1. The topological polar surface area (TPSA) is 75.8 Å². The molecule has 1 fully saturated rings. The van der Waals surface area contributed by atoms with Crippen molar-refractivity contribution in [3.8, 4) is 5.75 Å². The van der Waals surface area contributed by atoms with Crippen LogP contribution in [-0.2, 0) is 6.42 Å². The van der Waals surface area contributed by atoms with E-state index in [1.165, 1.54) is 0 Å². The molecule has 0 bridgehead atoms. The van der Waals surface area contributed by atoms with E-state index in [-0.39, 0.29) is 5.91 Å². The Morgan fingerprint density at radius 3 is 2.85 bits per heavy atom. The fourth-order valence-corrected chi connectivity index (χ4v) is 3.42. The van der Waals surface area contributed by atoms with Crippen molar-refractivity contribution in [2.45, 2.75) is 25.4 Å². The van der Waals surface area contributed by atoms with Gasteiger partial charge in [0.2, 0.25) is 0 Å². The first-order valence-electron chi connectivity index (χ1n) is 9.12. The highest BCUT2D eigenvalue weighted by molar-refractivity contribution is 5.97. The number of aromatic nitrogens is 1. The molecule has 1 aliphatic heterocycles. The molecule has 1 amide bonds. The minimum atomic E-state index is -0.437. The van der Waals surface area contributed by atoms with Crippen LogP contribution >= 0.6 is 0 Å². The van der Waals surface area contributed by atoms with Gasteiger partial charge in [-0.3, -0.25) is 4.79 Å². The summed E-state index contributed by atoms with van der Waals surface area (Å²) >= 11 is 0. The summed E-state index contributed by atoms with van der Waals surface area (Å²) in [7, 11) is 1.64. The number of ether oxygens (including phenoxy) is 1. The Bertz CT molecular complexity index is 948. The van der Waals surface area contributed by atoms with Gasteiger partial charge in [-0.2, -0.15) is 0 Å². The number of nitrogens with zero attached hydrogens (tertiary/aromatic N) is 2. The first-order chi connectivity index (χ1) is 13.1. The molecule has 1 saturated heterocycles. The number of aliphatic hydroxyl groups excluding tert-OH is 1. The van der Waals surface area contributed by atoms with Gasteiger partial charge in [-0.15, -0.1) is 0 Å². The highest BCUT2D eigenvalue weighted by Gasteiger charge is 2.23. The van der Waals surface area contributed by atoms with Crippen LogP contribution in [0.15, 0.2) is 46.9 Å². The summed E-state index contributed by atoms with van der Waals surface area (Å²) < 4.78 is 11.0. The summed E-state index contributed by atoms with van der Waals surface area (Å²) in [6.07, 6.45) is 1.71. The van der Waals surface area contributed by atoms with Crippen molar-refractivity contribution in [1.29, 1.82) is 0 Å². The molecular weight excluding hydrogens is 344 g/mol. The standard InChI is InChI=1S/C21H22N2O4/c1-26-17-7-4-14(5-8-17)11-20-22-18-9-6-15(12-19(18)27-20)21(25)23-10-2-3-16(24)13-23/h4-9,12,16,24H,2-3,10-11,13H2,1H3. The average molecular weight is 366 g/mol. The van der Waals surface area contributed by atoms with Gasteiger partial charge in [0.25, 0.3) is 5.91 Å². The van der Waals surface area contributed by atoms with E-state index < -0.39 is 6.10 Å². The summed E-state index contributed by atoms with van der Waals surface area (Å²) in [5.74, 6) is 1.33. The van der Waals surface area contributed by atoms with Crippen LogP contribution in [0.2, 0.25) is 0 Å². The van der Waals surface area contributed by atoms with Crippen molar-refractivity contribution in [1.82, 2.24) is 9.88 Å². The molecule has 0 radical (unpaired) electrons. The normalized spacial score (nSPS) is 17.3. The smallest absolute Gasteiger partial charge is 0.254 e. The maximum absolute atomic E-state index is 12.7. The molecule has 4 rings (SSSR count). The van der Waals surface area contributed by atoms with Gasteiger partial charge in [-0.25, -0.2) is 4.98 Å². The van der Waals surface area contributed by atoms with Crippen LogP contribution in [0.4, 0.5) is 0 Å². The van der Waals surface area contributed by atoms with E-state index in [1.54, 1.807) is 24.1 Å². The minimum Gasteiger partial charge on any atom is -0.497 e. The number of fused-ring (bicyclic) bond motifs is 1. The Labute approximate surface area is 157 Å². The number of β-amino-alcohol motifs (C(OH)–C–C–N with tert-alkyl or cyclic N) is 1. The number of methoxy groups -OCH3 is 1. The van der Waals surface area contributed by atoms with Gasteiger partial charge in [-0.05, 0) is 48.7 Å². The zero-order valence-corrected chi connectivity index (χ0v) is 15.2. The highest BCUT2D eigenvalue weighted by atomic mass is 16.5. The van der Waals surface area contributed by atoms with Crippen LogP contribution in [0.1, 0.15) is 34.7 Å². The summed E-state index contributed by atoms with van der Waals surface area (Å²) in [6, 6.07) is 13.1. The maximum Gasteiger partial charge on any atom is 0.254 e. The lowest BCUT2D eigenvalue weighted by Crippen LogP contribution is -2.42. The quantitative estimate of drug-likeness (QED) is 0.768. The van der Waals surface area contributed by atoms with Crippen LogP contribution in [0.5, 0.6) is 5.75 Å². The van der Waals surface area contributed by atoms with Crippen LogP contribution in [0.25, 0.3) is 11.1 Å². The molecule has 0 saturated carbocycles. The molecule has 2 heterocycles. The fraction of sp³-hybridized carbons (Fsp3) is 0.333. The molecule has 1 atom stereocenters. The molecular formula is C21H22N2O4. The van der Waals surface area contributed by atoms with Crippen LogP contribution in [0.3, 0.4) is 0 Å². The van der Waals surface area contributed by atoms with Crippen molar-refractivity contribution in [2.75, 3.05) is 20.2 Å². The number of rotatable bonds is 4. The number of hydrogen-bond donors (Lipinski definition) is 1. The van der Waals surface area contributed by atoms with Crippen molar-refractivity contribution in [3.63, 3.8) is 0 Å². The van der Waals surface area contributed by atoms with Crippen molar-refractivity contribution in [3.05, 3.63) is 59.5 Å². The zero-order chi connectivity index (χ0) is 18.8. The molecule has 6 heteroatoms. The molecule has 6 nitrogen and oxygen atoms in total. The van der Waals surface area contributed by atoms with Gasteiger partial charge in [0.05, 0.1) is 13.2 Å². The molecule has 1 N–H and O–H groups in total. The number of piperidine rings is 1. The molecule has 0 aliphatic carbocycles. The Kier molecular flexibility index (Phi) is 4.81. The number of oxazole rings is 1. The van der Waals surface area contributed by atoms with Gasteiger partial charge in [-0.1, -0.05) is 12.1 Å². The first kappa shape index (κ1) is 17.5. The maximum atomic E-state index is 12.7. The van der Waals surface area contributed by atoms with E-state index in [2.05, 4.69) is 4.98 Å². The molecule has 0 spiro atoms. The van der Waals surface area contributed by atoms with E-state index in [1.807, 2.05) is 30.3 Å². The Morgan fingerprint density at radius 2 is 2.11 bits per heavy atom. The van der Waals surface area contributed by atoms with Crippen LogP contribution in [-0.4, -0.2) is 47.2 Å². The summed E-state index contributed by atoms with van der Waals surface area (Å²) in [4.78, 5) is 18.9. The molecule has 1 unspecified atom stereocenters. The molecule has 1 aromatic heterocycles. The molecule has 27 heavy (non-hydrogen) atoms. The summed E-state index contributed by atoms with van der Waals surface area (Å²) in [6.45, 7) is 1.06. The van der Waals surface area contributed by atoms with Crippen molar-refractivity contribution < 1.29 is 19.1 Å². The summed E-state index contributed by atoms with van der Waals surface area (Å²) in [5, 5.41) is 9.79. The second-order valence-electron chi connectivity index (χ2n) is 6.86. The Balaban J connectivity index is 1.53. The third kappa shape index (κ3) is 3.80. The van der Waals surface area contributed by atoms with Crippen LogP contribution in [0, 0.1) is 0 Å². The van der Waals surface area contributed by atoms with E-state index in [0.717, 1.165) is 29.7 Å². The van der Waals surface area contributed by atoms with Gasteiger partial charge in [0.1, 0.15) is 11.3 Å². The van der Waals surface area contributed by atoms with Crippen molar-refractivity contribution >= 4 is 17.0 Å². The van der Waals surface area contributed by atoms with Crippen molar-refractivity contribution in [2.24, 2.45) is 0 Å². The number of amides is 1. The third-order valence-corrected chi connectivity index (χ3v) is 4.88. The number of hydrogen-bond acceptors (Lipinski definition) is 5. The second kappa shape index (κ2) is 7.40. The summed E-state index contributed by atoms with van der Waals surface area (Å²) in [5.41, 5.74) is 2.96. The van der Waals surface area contributed by atoms with Gasteiger partial charge >= 0.3 is 0 Å². The molecule has 140 valence electrons. The average Bonchev–Trinajstić information content (AvgIpc) is 3.09. The number of likely N-dealkylation sites (tertiary alicyclic amines) is 1. The monoisotopic (exact) mass is 366 g/mol. The number of carbonyl (C=O) groups excluding carboxylic acids is 1. The fourth-order valence-electron chi connectivity index (χ4n) is 3.42.